The van der Waals surface area contributed by atoms with E-state index in [0.717, 1.165) is 64.5 Å². The maximum absolute atomic E-state index is 5.94. The Kier molecular flexibility index (Phi) is 13.0. The third kappa shape index (κ3) is 9.78. The van der Waals surface area contributed by atoms with Crippen molar-refractivity contribution in [2.45, 2.75) is 54.4 Å². The molecule has 0 unspecified atom stereocenters. The van der Waals surface area contributed by atoms with Crippen molar-refractivity contribution in [3.8, 4) is 6.01 Å². The zero-order valence-electron chi connectivity index (χ0n) is 22.4. The molecule has 1 N–H and O–H groups in total. The molecule has 0 amide bonds. The van der Waals surface area contributed by atoms with E-state index in [2.05, 4.69) is 75.1 Å². The Morgan fingerprint density at radius 1 is 1.06 bits per heavy atom. The summed E-state index contributed by atoms with van der Waals surface area (Å²) in [5.41, 5.74) is 6.44. The highest BCUT2D eigenvalue weighted by molar-refractivity contribution is 5.75. The van der Waals surface area contributed by atoms with Crippen LogP contribution >= 0.6 is 0 Å². The van der Waals surface area contributed by atoms with Gasteiger partial charge < -0.3 is 14.4 Å². The maximum atomic E-state index is 5.94. The number of nitrogens with zero attached hydrogens (tertiary/aromatic N) is 6. The number of nitrogens with one attached hydrogen (secondary N) is 1. The number of rotatable bonds is 12. The molecule has 0 radical (unpaired) electrons. The van der Waals surface area contributed by atoms with E-state index < -0.39 is 0 Å². The first-order valence-electron chi connectivity index (χ1n) is 12.9. The number of aromatic nitrogens is 3. The average Bonchev–Trinajstić information content (AvgIpc) is 2.88. The van der Waals surface area contributed by atoms with Gasteiger partial charge in [-0.1, -0.05) is 33.8 Å². The summed E-state index contributed by atoms with van der Waals surface area (Å²) in [6.45, 7) is 19.0. The second-order valence-electron chi connectivity index (χ2n) is 8.23. The van der Waals surface area contributed by atoms with Gasteiger partial charge in [-0.3, -0.25) is 10.3 Å². The number of hydrogen-bond donors (Lipinski definition) is 1. The van der Waals surface area contributed by atoms with E-state index in [1.165, 1.54) is 11.1 Å². The lowest BCUT2D eigenvalue weighted by molar-refractivity contribution is 0.0317. The lowest BCUT2D eigenvalue weighted by atomic mass is 10.1. The van der Waals surface area contributed by atoms with Crippen LogP contribution in [0.3, 0.4) is 0 Å². The Labute approximate surface area is 211 Å². The quantitative estimate of drug-likeness (QED) is 0.352. The van der Waals surface area contributed by atoms with Crippen molar-refractivity contribution >= 4 is 17.9 Å². The summed E-state index contributed by atoms with van der Waals surface area (Å²) in [7, 11) is 0. The van der Waals surface area contributed by atoms with E-state index in [4.69, 9.17) is 9.47 Å². The molecule has 3 rings (SSSR count). The zero-order valence-corrected chi connectivity index (χ0v) is 22.4. The van der Waals surface area contributed by atoms with Gasteiger partial charge in [-0.05, 0) is 49.9 Å². The molecular formula is C26H43N7O2. The fourth-order valence-corrected chi connectivity index (χ4v) is 3.54. The summed E-state index contributed by atoms with van der Waals surface area (Å²) in [5, 5.41) is 4.35. The molecule has 1 fully saturated rings. The number of benzene rings is 1. The highest BCUT2D eigenvalue weighted by Crippen LogP contribution is 2.15. The summed E-state index contributed by atoms with van der Waals surface area (Å²) in [4.78, 5) is 18.2. The molecule has 1 aliphatic heterocycles. The van der Waals surface area contributed by atoms with Crippen LogP contribution in [0.4, 0.5) is 11.6 Å². The van der Waals surface area contributed by atoms with E-state index in [0.29, 0.717) is 24.4 Å². The monoisotopic (exact) mass is 485 g/mol. The molecule has 1 aromatic heterocycles. The van der Waals surface area contributed by atoms with E-state index in [1.807, 2.05) is 19.9 Å². The Morgan fingerprint density at radius 2 is 1.77 bits per heavy atom. The Bertz CT molecular complexity index is 895. The molecule has 0 atom stereocenters. The molecule has 194 valence electrons. The van der Waals surface area contributed by atoms with Gasteiger partial charge in [-0.25, -0.2) is 0 Å². The van der Waals surface area contributed by atoms with Gasteiger partial charge in [-0.15, -0.1) is 0 Å². The van der Waals surface area contributed by atoms with Crippen LogP contribution in [0.5, 0.6) is 6.01 Å². The van der Waals surface area contributed by atoms with Gasteiger partial charge in [0, 0.05) is 32.7 Å². The molecule has 9 heteroatoms. The van der Waals surface area contributed by atoms with E-state index in [9.17, 15) is 0 Å². The lowest BCUT2D eigenvalue weighted by Gasteiger charge is -2.26. The van der Waals surface area contributed by atoms with Crippen LogP contribution in [0.15, 0.2) is 23.3 Å². The first-order valence-corrected chi connectivity index (χ1v) is 12.9. The van der Waals surface area contributed by atoms with Gasteiger partial charge in [0.1, 0.15) is 6.61 Å². The Balaban J connectivity index is 0.00000210. The van der Waals surface area contributed by atoms with Crippen molar-refractivity contribution in [1.29, 1.82) is 0 Å². The number of anilines is 2. The molecule has 0 aliphatic carbocycles. The van der Waals surface area contributed by atoms with Gasteiger partial charge in [0.2, 0.25) is 5.95 Å². The minimum Gasteiger partial charge on any atom is -0.462 e. The van der Waals surface area contributed by atoms with E-state index >= 15 is 0 Å². The van der Waals surface area contributed by atoms with Crippen molar-refractivity contribution in [2.24, 2.45) is 5.10 Å². The minimum atomic E-state index is 0.332. The average molecular weight is 486 g/mol. The summed E-state index contributed by atoms with van der Waals surface area (Å²) in [6.07, 6.45) is 3.64. The normalized spacial score (nSPS) is 13.9. The first kappa shape index (κ1) is 28.5. The number of morpholine rings is 1. The third-order valence-corrected chi connectivity index (χ3v) is 5.51. The second kappa shape index (κ2) is 16.0. The van der Waals surface area contributed by atoms with Crippen LogP contribution in [0.1, 0.15) is 57.5 Å². The van der Waals surface area contributed by atoms with Crippen molar-refractivity contribution in [3.63, 3.8) is 0 Å². The van der Waals surface area contributed by atoms with E-state index in [-0.39, 0.29) is 0 Å². The van der Waals surface area contributed by atoms with Crippen LogP contribution in [-0.4, -0.2) is 78.6 Å². The Morgan fingerprint density at radius 3 is 2.43 bits per heavy atom. The van der Waals surface area contributed by atoms with Gasteiger partial charge in [0.15, 0.2) is 5.82 Å². The molecule has 0 bridgehead atoms. The van der Waals surface area contributed by atoms with Gasteiger partial charge in [0.05, 0.1) is 25.1 Å². The number of aryl methyl sites for hydroxylation is 2. The Hall–Kier alpha value is -2.78. The largest absolute Gasteiger partial charge is 0.462 e. The summed E-state index contributed by atoms with van der Waals surface area (Å²) in [6, 6.07) is 6.47. The molecule has 0 spiro atoms. The summed E-state index contributed by atoms with van der Waals surface area (Å²) < 4.78 is 11.3. The first-order chi connectivity index (χ1) is 17.1. The van der Waals surface area contributed by atoms with Crippen molar-refractivity contribution in [1.82, 2.24) is 19.9 Å². The molecule has 1 saturated heterocycles. The van der Waals surface area contributed by atoms with Crippen molar-refractivity contribution < 1.29 is 9.47 Å². The van der Waals surface area contributed by atoms with Crippen LogP contribution < -0.4 is 15.1 Å². The van der Waals surface area contributed by atoms with Crippen LogP contribution in [0.25, 0.3) is 0 Å². The highest BCUT2D eigenvalue weighted by atomic mass is 16.5. The zero-order chi connectivity index (χ0) is 25.5. The standard InChI is InChI=1S/C24H37N7O2.C2H6/c1-5-9-31(10-6-2)23-26-22(18-25-29-21-8-7-19(3)20(4)17-21)27-24(28-23)33-16-13-30-11-14-32-15-12-30;1-2/h7-8,17-18,29H,5-6,9-16H2,1-4H3;1-2H3/b25-18+;. The number of hydrazone groups is 1. The molecular weight excluding hydrogens is 442 g/mol. The fourth-order valence-electron chi connectivity index (χ4n) is 3.54. The fraction of sp³-hybridized carbons (Fsp3) is 0.615. The topological polar surface area (TPSA) is 88.0 Å². The number of ether oxygens (including phenoxy) is 2. The number of hydrogen-bond acceptors (Lipinski definition) is 9. The van der Waals surface area contributed by atoms with Crippen LogP contribution in [0, 0.1) is 13.8 Å². The van der Waals surface area contributed by atoms with Gasteiger partial charge >= 0.3 is 6.01 Å². The van der Waals surface area contributed by atoms with Crippen LogP contribution in [0.2, 0.25) is 0 Å². The molecule has 1 aliphatic rings. The molecule has 2 heterocycles. The molecule has 0 saturated carbocycles. The molecule has 1 aromatic carbocycles. The summed E-state index contributed by atoms with van der Waals surface area (Å²) >= 11 is 0. The smallest absolute Gasteiger partial charge is 0.321 e. The van der Waals surface area contributed by atoms with Crippen molar-refractivity contribution in [2.75, 3.05) is 62.9 Å². The predicted molar refractivity (Wildman–Crippen MR) is 144 cm³/mol. The maximum Gasteiger partial charge on any atom is 0.321 e. The van der Waals surface area contributed by atoms with Gasteiger partial charge in [-0.2, -0.15) is 20.1 Å². The third-order valence-electron chi connectivity index (χ3n) is 5.51. The SMILES string of the molecule is CC.CCCN(CCC)c1nc(/C=N/Nc2ccc(C)c(C)c2)nc(OCCN2CCOCC2)n1. The van der Waals surface area contributed by atoms with Gasteiger partial charge in [0.25, 0.3) is 0 Å². The van der Waals surface area contributed by atoms with E-state index in [1.54, 1.807) is 6.21 Å². The molecule has 9 nitrogen and oxygen atoms in total. The van der Waals surface area contributed by atoms with Crippen LogP contribution in [-0.2, 0) is 4.74 Å². The highest BCUT2D eigenvalue weighted by Gasteiger charge is 2.14. The molecule has 35 heavy (non-hydrogen) atoms. The minimum absolute atomic E-state index is 0.332. The molecule has 2 aromatic rings. The summed E-state index contributed by atoms with van der Waals surface area (Å²) in [5.74, 6) is 1.10. The second-order valence-corrected chi connectivity index (χ2v) is 8.23. The van der Waals surface area contributed by atoms with Crippen molar-refractivity contribution in [3.05, 3.63) is 35.2 Å². The lowest BCUT2D eigenvalue weighted by Crippen LogP contribution is -2.38. The predicted octanol–water partition coefficient (Wildman–Crippen LogP) is 4.30.